The molecule has 2 aromatic heterocycles. The predicted molar refractivity (Wildman–Crippen MR) is 118 cm³/mol. The van der Waals surface area contributed by atoms with Crippen LogP contribution >= 0.6 is 11.3 Å². The number of imidazole rings is 1. The summed E-state index contributed by atoms with van der Waals surface area (Å²) in [6.07, 6.45) is 8.03. The first-order chi connectivity index (χ1) is 14.2. The number of likely N-dealkylation sites (tertiary alicyclic amines) is 1. The molecule has 1 atom stereocenters. The molecule has 1 N–H and O–H groups in total. The smallest absolute Gasteiger partial charge is 0.263 e. The lowest BCUT2D eigenvalue weighted by atomic mass is 10.0. The van der Waals surface area contributed by atoms with Gasteiger partial charge in [0.25, 0.3) is 5.91 Å². The average Bonchev–Trinajstić information content (AvgIpc) is 3.46. The van der Waals surface area contributed by atoms with E-state index in [2.05, 4.69) is 45.2 Å². The Kier molecular flexibility index (Phi) is 6.42. The van der Waals surface area contributed by atoms with E-state index in [4.69, 9.17) is 0 Å². The number of hydrogen-bond acceptors (Lipinski definition) is 4. The minimum atomic E-state index is 0.115. The molecular weight excluding hydrogens is 380 g/mol. The third-order valence-corrected chi connectivity index (χ3v) is 6.76. The topological polar surface area (TPSA) is 52.2 Å². The molecule has 6 heteroatoms. The van der Waals surface area contributed by atoms with Crippen molar-refractivity contribution < 1.29 is 4.79 Å². The number of thiophene rings is 1. The number of benzene rings is 1. The van der Waals surface area contributed by atoms with Crippen LogP contribution in [0.2, 0.25) is 0 Å². The second-order valence-corrected chi connectivity index (χ2v) is 8.79. The standard InChI is InChI=1S/C23H28N4OS/c1-26(23(28)21-12-11-20(29-21)22-24-13-14-25-22)19-10-6-16-27(17-19)15-5-9-18-7-3-2-4-8-18/h2-4,7-8,11-14,19H,5-6,9-10,15-17H2,1H3,(H,24,25). The van der Waals surface area contributed by atoms with E-state index in [-0.39, 0.29) is 11.9 Å². The molecule has 0 radical (unpaired) electrons. The molecule has 0 saturated carbocycles. The Labute approximate surface area is 176 Å². The van der Waals surface area contributed by atoms with Crippen molar-refractivity contribution in [2.45, 2.75) is 31.7 Å². The van der Waals surface area contributed by atoms with Crippen molar-refractivity contribution in [3.05, 3.63) is 65.3 Å². The van der Waals surface area contributed by atoms with E-state index in [1.165, 1.54) is 16.9 Å². The van der Waals surface area contributed by atoms with Crippen LogP contribution in [0.15, 0.2) is 54.9 Å². The van der Waals surface area contributed by atoms with Gasteiger partial charge in [-0.15, -0.1) is 11.3 Å². The lowest BCUT2D eigenvalue weighted by Gasteiger charge is -2.37. The number of nitrogens with zero attached hydrogens (tertiary/aromatic N) is 3. The molecule has 0 spiro atoms. The van der Waals surface area contributed by atoms with Crippen molar-refractivity contribution in [3.8, 4) is 10.7 Å². The summed E-state index contributed by atoms with van der Waals surface area (Å²) in [4.78, 5) is 26.6. The van der Waals surface area contributed by atoms with E-state index in [0.29, 0.717) is 0 Å². The van der Waals surface area contributed by atoms with Crippen molar-refractivity contribution in [3.63, 3.8) is 0 Å². The number of aromatic nitrogens is 2. The zero-order chi connectivity index (χ0) is 20.1. The number of carbonyl (C=O) groups excluding carboxylic acids is 1. The summed E-state index contributed by atoms with van der Waals surface area (Å²) in [5, 5.41) is 0. The quantitative estimate of drug-likeness (QED) is 0.634. The number of aromatic amines is 1. The Morgan fingerprint density at radius 1 is 1.28 bits per heavy atom. The molecular formula is C23H28N4OS. The highest BCUT2D eigenvalue weighted by Gasteiger charge is 2.27. The molecule has 1 amide bonds. The van der Waals surface area contributed by atoms with Gasteiger partial charge < -0.3 is 14.8 Å². The van der Waals surface area contributed by atoms with Crippen LogP contribution in [0, 0.1) is 0 Å². The lowest BCUT2D eigenvalue weighted by Crippen LogP contribution is -2.48. The van der Waals surface area contributed by atoms with E-state index < -0.39 is 0 Å². The number of nitrogens with one attached hydrogen (secondary N) is 1. The van der Waals surface area contributed by atoms with E-state index >= 15 is 0 Å². The van der Waals surface area contributed by atoms with Gasteiger partial charge in [-0.05, 0) is 56.5 Å². The molecule has 1 aromatic carbocycles. The molecule has 0 bridgehead atoms. The first-order valence-electron chi connectivity index (χ1n) is 10.3. The number of likely N-dealkylation sites (N-methyl/N-ethyl adjacent to an activating group) is 1. The average molecular weight is 409 g/mol. The number of amides is 1. The van der Waals surface area contributed by atoms with Crippen molar-refractivity contribution in [1.29, 1.82) is 0 Å². The number of piperidine rings is 1. The van der Waals surface area contributed by atoms with Crippen LogP contribution in [0.4, 0.5) is 0 Å². The molecule has 1 aliphatic heterocycles. The Bertz CT molecular complexity index is 906. The fourth-order valence-corrected chi connectivity index (χ4v) is 4.97. The van der Waals surface area contributed by atoms with E-state index in [1.807, 2.05) is 24.1 Å². The Balaban J connectivity index is 1.31. The van der Waals surface area contributed by atoms with Gasteiger partial charge in [-0.2, -0.15) is 0 Å². The number of H-pyrrole nitrogens is 1. The van der Waals surface area contributed by atoms with E-state index in [1.54, 1.807) is 12.4 Å². The Hall–Kier alpha value is -2.44. The van der Waals surface area contributed by atoms with Gasteiger partial charge in [0.05, 0.1) is 9.75 Å². The second-order valence-electron chi connectivity index (χ2n) is 7.70. The Morgan fingerprint density at radius 3 is 2.93 bits per heavy atom. The van der Waals surface area contributed by atoms with Crippen LogP contribution in [0.1, 0.15) is 34.5 Å². The third-order valence-electron chi connectivity index (χ3n) is 5.68. The van der Waals surface area contributed by atoms with Gasteiger partial charge in [0, 0.05) is 32.0 Å². The van der Waals surface area contributed by atoms with Gasteiger partial charge in [-0.1, -0.05) is 30.3 Å². The Morgan fingerprint density at radius 2 is 2.14 bits per heavy atom. The van der Waals surface area contributed by atoms with E-state index in [0.717, 1.165) is 60.9 Å². The summed E-state index contributed by atoms with van der Waals surface area (Å²) in [7, 11) is 1.95. The van der Waals surface area contributed by atoms with Gasteiger partial charge in [-0.25, -0.2) is 4.98 Å². The van der Waals surface area contributed by atoms with E-state index in [9.17, 15) is 4.79 Å². The van der Waals surface area contributed by atoms with Gasteiger partial charge in [0.2, 0.25) is 0 Å². The molecule has 152 valence electrons. The van der Waals surface area contributed by atoms with Crippen molar-refractivity contribution >= 4 is 17.2 Å². The molecule has 1 saturated heterocycles. The summed E-state index contributed by atoms with van der Waals surface area (Å²) < 4.78 is 0. The number of aryl methyl sites for hydroxylation is 1. The van der Waals surface area contributed by atoms with Gasteiger partial charge in [0.1, 0.15) is 5.82 Å². The monoisotopic (exact) mass is 408 g/mol. The molecule has 3 heterocycles. The van der Waals surface area contributed by atoms with Crippen molar-refractivity contribution in [2.75, 3.05) is 26.7 Å². The molecule has 29 heavy (non-hydrogen) atoms. The molecule has 3 aromatic rings. The van der Waals surface area contributed by atoms with Crippen LogP contribution < -0.4 is 0 Å². The molecule has 1 fully saturated rings. The zero-order valence-corrected chi connectivity index (χ0v) is 17.7. The van der Waals surface area contributed by atoms with Gasteiger partial charge >= 0.3 is 0 Å². The highest BCUT2D eigenvalue weighted by molar-refractivity contribution is 7.17. The summed E-state index contributed by atoms with van der Waals surface area (Å²) in [5.74, 6) is 0.933. The number of rotatable bonds is 7. The van der Waals surface area contributed by atoms with Crippen LogP contribution in [0.25, 0.3) is 10.7 Å². The first-order valence-corrected chi connectivity index (χ1v) is 11.2. The number of hydrogen-bond donors (Lipinski definition) is 1. The largest absolute Gasteiger partial charge is 0.344 e. The van der Waals surface area contributed by atoms with Crippen molar-refractivity contribution in [2.24, 2.45) is 0 Å². The second kappa shape index (κ2) is 9.37. The minimum absolute atomic E-state index is 0.115. The van der Waals surface area contributed by atoms with Crippen LogP contribution in [-0.2, 0) is 6.42 Å². The van der Waals surface area contributed by atoms with Crippen molar-refractivity contribution in [1.82, 2.24) is 19.8 Å². The summed E-state index contributed by atoms with van der Waals surface area (Å²) in [6.45, 7) is 3.19. The van der Waals surface area contributed by atoms with Gasteiger partial charge in [-0.3, -0.25) is 4.79 Å². The maximum Gasteiger partial charge on any atom is 0.263 e. The van der Waals surface area contributed by atoms with Crippen LogP contribution in [0.5, 0.6) is 0 Å². The zero-order valence-electron chi connectivity index (χ0n) is 16.9. The van der Waals surface area contributed by atoms with Crippen LogP contribution in [-0.4, -0.2) is 58.4 Å². The fraction of sp³-hybridized carbons (Fsp3) is 0.391. The van der Waals surface area contributed by atoms with Gasteiger partial charge in [0.15, 0.2) is 0 Å². The normalized spacial score (nSPS) is 17.3. The molecule has 5 nitrogen and oxygen atoms in total. The number of carbonyl (C=O) groups is 1. The summed E-state index contributed by atoms with van der Waals surface area (Å²) >= 11 is 1.50. The molecule has 0 aliphatic carbocycles. The van der Waals surface area contributed by atoms with Crippen LogP contribution in [0.3, 0.4) is 0 Å². The highest BCUT2D eigenvalue weighted by atomic mass is 32.1. The predicted octanol–water partition coefficient (Wildman–Crippen LogP) is 4.31. The molecule has 1 aliphatic rings. The maximum atomic E-state index is 13.0. The highest BCUT2D eigenvalue weighted by Crippen LogP contribution is 2.27. The maximum absolute atomic E-state index is 13.0. The molecule has 1 unspecified atom stereocenters. The lowest BCUT2D eigenvalue weighted by molar-refractivity contribution is 0.0621. The third kappa shape index (κ3) is 4.95. The first kappa shape index (κ1) is 19.9. The molecule has 4 rings (SSSR count). The SMILES string of the molecule is CN(C(=O)c1ccc(-c2ncc[nH]2)s1)C1CCCN(CCCc2ccccc2)C1. The minimum Gasteiger partial charge on any atom is -0.344 e. The summed E-state index contributed by atoms with van der Waals surface area (Å²) in [5.41, 5.74) is 1.40. The summed E-state index contributed by atoms with van der Waals surface area (Å²) in [6, 6.07) is 14.8. The fourth-order valence-electron chi connectivity index (χ4n) is 4.02.